The van der Waals surface area contributed by atoms with Gasteiger partial charge in [-0.2, -0.15) is 0 Å². The zero-order valence-electron chi connectivity index (χ0n) is 10.3. The first-order valence-electron chi connectivity index (χ1n) is 5.85. The van der Waals surface area contributed by atoms with Gasteiger partial charge in [0.25, 0.3) is 0 Å². The molecule has 0 aromatic heterocycles. The highest BCUT2D eigenvalue weighted by atomic mass is 35.5. The minimum atomic E-state index is -1.45. The smallest absolute Gasteiger partial charge is 0.0959 e. The maximum atomic E-state index is 6.09. The molecule has 2 aromatic carbocycles. The lowest BCUT2D eigenvalue weighted by Gasteiger charge is -2.20. The van der Waals surface area contributed by atoms with Crippen molar-refractivity contribution in [1.29, 1.82) is 0 Å². The van der Waals surface area contributed by atoms with Crippen molar-refractivity contribution in [2.24, 2.45) is 0 Å². The van der Waals surface area contributed by atoms with Crippen LogP contribution in [0.5, 0.6) is 0 Å². The van der Waals surface area contributed by atoms with E-state index in [0.717, 1.165) is 5.50 Å². The monoisotopic (exact) mass is 260 g/mol. The maximum Gasteiger partial charge on any atom is 0.0959 e. The Morgan fingerprint density at radius 1 is 0.882 bits per heavy atom. The zero-order chi connectivity index (χ0) is 12.3. The summed E-state index contributed by atoms with van der Waals surface area (Å²) in [5.41, 5.74) is 3.33. The molecule has 2 heteroatoms. The van der Waals surface area contributed by atoms with Gasteiger partial charge in [0.15, 0.2) is 0 Å². The SMILES string of the molecule is C[Si](C)(CCl)c1cccc(-c2ccccc2)c1. The van der Waals surface area contributed by atoms with Crippen LogP contribution in [-0.2, 0) is 0 Å². The average Bonchev–Trinajstić information content (AvgIpc) is 2.40. The molecule has 0 spiro atoms. The van der Waals surface area contributed by atoms with Gasteiger partial charge in [0.1, 0.15) is 0 Å². The van der Waals surface area contributed by atoms with Crippen LogP contribution in [0.25, 0.3) is 11.1 Å². The van der Waals surface area contributed by atoms with Crippen molar-refractivity contribution < 1.29 is 0 Å². The van der Waals surface area contributed by atoms with Gasteiger partial charge in [0.05, 0.1) is 8.07 Å². The Morgan fingerprint density at radius 3 is 2.18 bits per heavy atom. The fraction of sp³-hybridized carbons (Fsp3) is 0.200. The molecule has 0 radical (unpaired) electrons. The number of benzene rings is 2. The molecule has 2 rings (SSSR count). The van der Waals surface area contributed by atoms with Gasteiger partial charge in [-0.3, -0.25) is 0 Å². The third-order valence-corrected chi connectivity index (χ3v) is 7.63. The van der Waals surface area contributed by atoms with E-state index in [9.17, 15) is 0 Å². The second kappa shape index (κ2) is 5.07. The highest BCUT2D eigenvalue weighted by Gasteiger charge is 2.22. The van der Waals surface area contributed by atoms with Crippen molar-refractivity contribution in [3.8, 4) is 11.1 Å². The molecule has 17 heavy (non-hydrogen) atoms. The summed E-state index contributed by atoms with van der Waals surface area (Å²) in [7, 11) is -1.45. The summed E-state index contributed by atoms with van der Waals surface area (Å²) in [5.74, 6) is 0. The summed E-state index contributed by atoms with van der Waals surface area (Å²) >= 11 is 6.09. The van der Waals surface area contributed by atoms with Crippen molar-refractivity contribution in [1.82, 2.24) is 0 Å². The lowest BCUT2D eigenvalue weighted by Crippen LogP contribution is -2.43. The van der Waals surface area contributed by atoms with Crippen LogP contribution in [0.15, 0.2) is 54.6 Å². The van der Waals surface area contributed by atoms with Gasteiger partial charge in [0, 0.05) is 5.50 Å². The Morgan fingerprint density at radius 2 is 1.53 bits per heavy atom. The lowest BCUT2D eigenvalue weighted by atomic mass is 10.1. The van der Waals surface area contributed by atoms with Crippen molar-refractivity contribution in [2.75, 3.05) is 5.50 Å². The van der Waals surface area contributed by atoms with Crippen LogP contribution in [0, 0.1) is 0 Å². The Labute approximate surface area is 109 Å². The van der Waals surface area contributed by atoms with E-state index in [-0.39, 0.29) is 0 Å². The Balaban J connectivity index is 2.42. The summed E-state index contributed by atoms with van der Waals surface area (Å²) in [4.78, 5) is 0. The van der Waals surface area contributed by atoms with Crippen LogP contribution < -0.4 is 5.19 Å². The van der Waals surface area contributed by atoms with Crippen LogP contribution in [0.3, 0.4) is 0 Å². The van der Waals surface area contributed by atoms with E-state index in [2.05, 4.69) is 61.6 Å². The molecule has 0 fully saturated rings. The predicted molar refractivity (Wildman–Crippen MR) is 79.7 cm³/mol. The number of rotatable bonds is 3. The minimum Gasteiger partial charge on any atom is -0.130 e. The third kappa shape index (κ3) is 2.79. The molecular formula is C15H17ClSi. The first kappa shape index (κ1) is 12.4. The number of hydrogen-bond donors (Lipinski definition) is 0. The standard InChI is InChI=1S/C15H17ClSi/c1-17(2,12-16)15-10-6-9-14(11-15)13-7-4-3-5-8-13/h3-11H,12H2,1-2H3. The highest BCUT2D eigenvalue weighted by molar-refractivity contribution is 6.94. The highest BCUT2D eigenvalue weighted by Crippen LogP contribution is 2.18. The summed E-state index contributed by atoms with van der Waals surface area (Å²) in [5, 5.41) is 1.42. The summed E-state index contributed by atoms with van der Waals surface area (Å²) in [6, 6.07) is 19.3. The quantitative estimate of drug-likeness (QED) is 0.577. The van der Waals surface area contributed by atoms with Crippen LogP contribution in [0.1, 0.15) is 0 Å². The third-order valence-electron chi connectivity index (χ3n) is 3.09. The second-order valence-corrected chi connectivity index (χ2v) is 10.4. The van der Waals surface area contributed by atoms with E-state index in [1.54, 1.807) is 0 Å². The summed E-state index contributed by atoms with van der Waals surface area (Å²) < 4.78 is 0. The first-order chi connectivity index (χ1) is 8.13. The van der Waals surface area contributed by atoms with Gasteiger partial charge in [-0.05, 0) is 11.1 Å². The Kier molecular flexibility index (Phi) is 3.70. The number of halogens is 1. The van der Waals surface area contributed by atoms with E-state index in [1.807, 2.05) is 6.07 Å². The van der Waals surface area contributed by atoms with E-state index in [0.29, 0.717) is 0 Å². The molecule has 0 amide bonds. The molecule has 0 N–H and O–H groups in total. The molecule has 0 aliphatic carbocycles. The van der Waals surface area contributed by atoms with E-state index in [4.69, 9.17) is 11.6 Å². The van der Waals surface area contributed by atoms with E-state index >= 15 is 0 Å². The normalized spacial score (nSPS) is 11.5. The molecule has 0 nitrogen and oxygen atoms in total. The first-order valence-corrected chi connectivity index (χ1v) is 9.59. The largest absolute Gasteiger partial charge is 0.130 e. The fourth-order valence-electron chi connectivity index (χ4n) is 1.83. The zero-order valence-corrected chi connectivity index (χ0v) is 12.0. The molecule has 0 atom stereocenters. The molecule has 0 saturated heterocycles. The minimum absolute atomic E-state index is 0.769. The summed E-state index contributed by atoms with van der Waals surface area (Å²) in [6.45, 7) is 4.62. The topological polar surface area (TPSA) is 0 Å². The van der Waals surface area contributed by atoms with Crippen molar-refractivity contribution in [3.63, 3.8) is 0 Å². The van der Waals surface area contributed by atoms with E-state index in [1.165, 1.54) is 16.3 Å². The van der Waals surface area contributed by atoms with Crippen molar-refractivity contribution in [3.05, 3.63) is 54.6 Å². The molecular weight excluding hydrogens is 244 g/mol. The molecule has 2 aromatic rings. The predicted octanol–water partition coefficient (Wildman–Crippen LogP) is 4.05. The van der Waals surface area contributed by atoms with Crippen LogP contribution >= 0.6 is 11.6 Å². The second-order valence-electron chi connectivity index (χ2n) is 4.96. The Bertz CT molecular complexity index is 491. The summed E-state index contributed by atoms with van der Waals surface area (Å²) in [6.07, 6.45) is 0. The van der Waals surface area contributed by atoms with Crippen LogP contribution in [0.4, 0.5) is 0 Å². The van der Waals surface area contributed by atoms with Gasteiger partial charge in [-0.15, -0.1) is 11.6 Å². The number of alkyl halides is 1. The maximum absolute atomic E-state index is 6.09. The molecule has 88 valence electrons. The molecule has 0 unspecified atom stereocenters. The Hall–Kier alpha value is -1.05. The molecule has 0 aliphatic rings. The fourth-order valence-corrected chi connectivity index (χ4v) is 3.54. The van der Waals surface area contributed by atoms with Gasteiger partial charge in [-0.25, -0.2) is 0 Å². The molecule has 0 aliphatic heterocycles. The lowest BCUT2D eigenvalue weighted by molar-refractivity contribution is 1.61. The molecule has 0 heterocycles. The van der Waals surface area contributed by atoms with Crippen molar-refractivity contribution >= 4 is 24.9 Å². The average molecular weight is 261 g/mol. The van der Waals surface area contributed by atoms with Crippen LogP contribution in [0.2, 0.25) is 13.1 Å². The van der Waals surface area contributed by atoms with Gasteiger partial charge >= 0.3 is 0 Å². The van der Waals surface area contributed by atoms with Gasteiger partial charge in [-0.1, -0.05) is 72.9 Å². The molecule has 0 bridgehead atoms. The van der Waals surface area contributed by atoms with Crippen LogP contribution in [-0.4, -0.2) is 13.6 Å². The van der Waals surface area contributed by atoms with Gasteiger partial charge in [0.2, 0.25) is 0 Å². The van der Waals surface area contributed by atoms with E-state index < -0.39 is 8.07 Å². The molecule has 0 saturated carbocycles. The number of hydrogen-bond acceptors (Lipinski definition) is 0. The van der Waals surface area contributed by atoms with Gasteiger partial charge < -0.3 is 0 Å². The van der Waals surface area contributed by atoms with Crippen molar-refractivity contribution in [2.45, 2.75) is 13.1 Å².